The molecule has 1 aromatic heterocycles. The van der Waals surface area contributed by atoms with Crippen LogP contribution in [0.2, 0.25) is 0 Å². The molecule has 21 heavy (non-hydrogen) atoms. The first-order valence-corrected chi connectivity index (χ1v) is 7.16. The monoisotopic (exact) mass is 285 g/mol. The van der Waals surface area contributed by atoms with Crippen molar-refractivity contribution in [3.05, 3.63) is 48.5 Å². The van der Waals surface area contributed by atoms with Gasteiger partial charge in [0, 0.05) is 24.9 Å². The normalized spacial score (nSPS) is 19.2. The fourth-order valence-corrected chi connectivity index (χ4v) is 2.61. The molecule has 0 aliphatic carbocycles. The van der Waals surface area contributed by atoms with Crippen LogP contribution in [0.15, 0.2) is 42.7 Å². The smallest absolute Gasteiger partial charge is 0.169 e. The van der Waals surface area contributed by atoms with Crippen LogP contribution in [0, 0.1) is 5.92 Å². The molecule has 0 spiro atoms. The molecule has 3 rings (SSSR count). The first kappa shape index (κ1) is 13.8. The zero-order chi connectivity index (χ0) is 14.5. The van der Waals surface area contributed by atoms with Gasteiger partial charge in [-0.05, 0) is 31.2 Å². The van der Waals surface area contributed by atoms with Gasteiger partial charge in [0.15, 0.2) is 23.4 Å². The van der Waals surface area contributed by atoms with E-state index in [1.54, 1.807) is 19.5 Å². The van der Waals surface area contributed by atoms with E-state index in [2.05, 4.69) is 15.3 Å². The van der Waals surface area contributed by atoms with Gasteiger partial charge in [-0.2, -0.15) is 0 Å². The van der Waals surface area contributed by atoms with Gasteiger partial charge in [0.2, 0.25) is 0 Å². The van der Waals surface area contributed by atoms with Gasteiger partial charge in [0.05, 0.1) is 7.11 Å². The summed E-state index contributed by atoms with van der Waals surface area (Å²) < 4.78 is 11.6. The van der Waals surface area contributed by atoms with Crippen LogP contribution in [0.1, 0.15) is 18.3 Å². The highest BCUT2D eigenvalue weighted by molar-refractivity contribution is 5.39. The third kappa shape index (κ3) is 3.13. The van der Waals surface area contributed by atoms with Crippen LogP contribution in [-0.2, 0) is 0 Å². The Bertz CT molecular complexity index is 571. The average molecular weight is 285 g/mol. The van der Waals surface area contributed by atoms with Gasteiger partial charge in [0.1, 0.15) is 0 Å². The molecule has 2 atom stereocenters. The highest BCUT2D eigenvalue weighted by atomic mass is 16.5. The van der Waals surface area contributed by atoms with Crippen molar-refractivity contribution in [2.75, 3.05) is 20.2 Å². The minimum atomic E-state index is -0.169. The van der Waals surface area contributed by atoms with Gasteiger partial charge in [-0.15, -0.1) is 0 Å². The predicted molar refractivity (Wildman–Crippen MR) is 79.4 cm³/mol. The van der Waals surface area contributed by atoms with Crippen molar-refractivity contribution in [1.82, 2.24) is 15.3 Å². The van der Waals surface area contributed by atoms with Crippen molar-refractivity contribution in [1.29, 1.82) is 0 Å². The van der Waals surface area contributed by atoms with Crippen molar-refractivity contribution in [2.24, 2.45) is 5.92 Å². The van der Waals surface area contributed by atoms with Gasteiger partial charge in [-0.25, -0.2) is 9.97 Å². The van der Waals surface area contributed by atoms with Gasteiger partial charge >= 0.3 is 0 Å². The fraction of sp³-hybridized carbons (Fsp3) is 0.375. The summed E-state index contributed by atoms with van der Waals surface area (Å²) in [5.41, 5.74) is 0. The molecule has 2 heterocycles. The molecule has 1 aromatic carbocycles. The van der Waals surface area contributed by atoms with E-state index in [0.717, 1.165) is 36.8 Å². The highest BCUT2D eigenvalue weighted by Crippen LogP contribution is 2.34. The van der Waals surface area contributed by atoms with E-state index in [-0.39, 0.29) is 6.10 Å². The summed E-state index contributed by atoms with van der Waals surface area (Å²) in [5.74, 6) is 2.53. The van der Waals surface area contributed by atoms with Crippen molar-refractivity contribution in [3.63, 3.8) is 0 Å². The Kier molecular flexibility index (Phi) is 4.31. The Labute approximate surface area is 124 Å². The largest absolute Gasteiger partial charge is 0.493 e. The quantitative estimate of drug-likeness (QED) is 0.913. The fourth-order valence-electron chi connectivity index (χ4n) is 2.61. The molecule has 0 radical (unpaired) electrons. The van der Waals surface area contributed by atoms with Gasteiger partial charge in [0.25, 0.3) is 0 Å². The van der Waals surface area contributed by atoms with Crippen LogP contribution >= 0.6 is 0 Å². The summed E-state index contributed by atoms with van der Waals surface area (Å²) in [6, 6.07) is 9.49. The lowest BCUT2D eigenvalue weighted by atomic mass is 10.0. The summed E-state index contributed by atoms with van der Waals surface area (Å²) >= 11 is 0. The summed E-state index contributed by atoms with van der Waals surface area (Å²) in [6.07, 6.45) is 4.39. The number of hydrogen-bond donors (Lipinski definition) is 1. The van der Waals surface area contributed by atoms with E-state index in [9.17, 15) is 0 Å². The third-order valence-corrected chi connectivity index (χ3v) is 3.69. The minimum Gasteiger partial charge on any atom is -0.493 e. The topological polar surface area (TPSA) is 56.3 Å². The highest BCUT2D eigenvalue weighted by Gasteiger charge is 2.30. The maximum absolute atomic E-state index is 6.22. The zero-order valence-electron chi connectivity index (χ0n) is 12.0. The van der Waals surface area contributed by atoms with Crippen molar-refractivity contribution >= 4 is 0 Å². The summed E-state index contributed by atoms with van der Waals surface area (Å²) in [4.78, 5) is 8.74. The predicted octanol–water partition coefficient (Wildman–Crippen LogP) is 2.21. The second-order valence-electron chi connectivity index (χ2n) is 5.05. The van der Waals surface area contributed by atoms with Crippen molar-refractivity contribution < 1.29 is 9.47 Å². The van der Waals surface area contributed by atoms with E-state index in [0.29, 0.717) is 5.92 Å². The SMILES string of the molecule is COc1ccccc1O[C@H](c1ncccn1)[C@@H]1CCNC1. The Morgan fingerprint density at radius 1 is 1.14 bits per heavy atom. The Morgan fingerprint density at radius 3 is 2.57 bits per heavy atom. The summed E-state index contributed by atoms with van der Waals surface area (Å²) in [6.45, 7) is 1.92. The molecule has 2 aromatic rings. The van der Waals surface area contributed by atoms with Gasteiger partial charge in [-0.3, -0.25) is 0 Å². The van der Waals surface area contributed by atoms with E-state index in [4.69, 9.17) is 9.47 Å². The first-order valence-electron chi connectivity index (χ1n) is 7.16. The molecule has 1 N–H and O–H groups in total. The molecule has 110 valence electrons. The summed E-state index contributed by atoms with van der Waals surface area (Å²) in [7, 11) is 1.65. The molecule has 1 aliphatic heterocycles. The molecule has 5 nitrogen and oxygen atoms in total. The number of benzene rings is 1. The molecule has 1 saturated heterocycles. The first-order chi connectivity index (χ1) is 10.4. The standard InChI is InChI=1S/C16H19N3O2/c1-20-13-5-2-3-6-14(13)21-15(12-7-10-17-11-12)16-18-8-4-9-19-16/h2-6,8-9,12,15,17H,7,10-11H2,1H3/t12-,15+/m1/s1. The average Bonchev–Trinajstić information content (AvgIpc) is 3.08. The maximum atomic E-state index is 6.22. The number of para-hydroxylation sites is 2. The van der Waals surface area contributed by atoms with Crippen LogP contribution in [0.4, 0.5) is 0 Å². The number of nitrogens with one attached hydrogen (secondary N) is 1. The number of rotatable bonds is 5. The Hall–Kier alpha value is -2.14. The molecule has 5 heteroatoms. The molecule has 1 aliphatic rings. The minimum absolute atomic E-state index is 0.169. The van der Waals surface area contributed by atoms with Crippen LogP contribution in [0.25, 0.3) is 0 Å². The number of ether oxygens (including phenoxy) is 2. The van der Waals surface area contributed by atoms with Gasteiger partial charge < -0.3 is 14.8 Å². The summed E-state index contributed by atoms with van der Waals surface area (Å²) in [5, 5.41) is 3.37. The molecular formula is C16H19N3O2. The second-order valence-corrected chi connectivity index (χ2v) is 5.05. The second kappa shape index (κ2) is 6.54. The van der Waals surface area contributed by atoms with E-state index >= 15 is 0 Å². The molecule has 1 fully saturated rings. The van der Waals surface area contributed by atoms with Gasteiger partial charge in [-0.1, -0.05) is 12.1 Å². The lowest BCUT2D eigenvalue weighted by molar-refractivity contribution is 0.130. The molecule has 0 saturated carbocycles. The molecule has 0 bridgehead atoms. The van der Waals surface area contributed by atoms with E-state index < -0.39 is 0 Å². The Balaban J connectivity index is 1.88. The van der Waals surface area contributed by atoms with Crippen LogP contribution in [0.5, 0.6) is 11.5 Å². The van der Waals surface area contributed by atoms with Crippen molar-refractivity contribution in [2.45, 2.75) is 12.5 Å². The number of nitrogens with zero attached hydrogens (tertiary/aromatic N) is 2. The van der Waals surface area contributed by atoms with Crippen LogP contribution in [0.3, 0.4) is 0 Å². The maximum Gasteiger partial charge on any atom is 0.169 e. The van der Waals surface area contributed by atoms with Crippen LogP contribution in [-0.4, -0.2) is 30.2 Å². The third-order valence-electron chi connectivity index (χ3n) is 3.69. The number of aromatic nitrogens is 2. The molecular weight excluding hydrogens is 266 g/mol. The van der Waals surface area contributed by atoms with Crippen LogP contribution < -0.4 is 14.8 Å². The lowest BCUT2D eigenvalue weighted by Crippen LogP contribution is -2.23. The lowest BCUT2D eigenvalue weighted by Gasteiger charge is -2.23. The molecule has 0 unspecified atom stereocenters. The number of hydrogen-bond acceptors (Lipinski definition) is 5. The van der Waals surface area contributed by atoms with E-state index in [1.165, 1.54) is 0 Å². The zero-order valence-corrected chi connectivity index (χ0v) is 12.0. The van der Waals surface area contributed by atoms with Crippen molar-refractivity contribution in [3.8, 4) is 11.5 Å². The van der Waals surface area contributed by atoms with E-state index in [1.807, 2.05) is 30.3 Å². The molecule has 0 amide bonds. The number of methoxy groups -OCH3 is 1. The Morgan fingerprint density at radius 2 is 1.90 bits per heavy atom.